The van der Waals surface area contributed by atoms with Crippen LogP contribution < -0.4 is 9.47 Å². The van der Waals surface area contributed by atoms with Crippen molar-refractivity contribution in [3.63, 3.8) is 0 Å². The SMILES string of the molecule is COc1ccc(C2c3[nH]c4ccccc4c3CC3C(=O)N(CC(C)C)CC(=O)N32)cc1OC. The number of hydrogen-bond donors (Lipinski definition) is 1. The molecule has 3 aromatic rings. The zero-order chi connectivity index (χ0) is 23.3. The van der Waals surface area contributed by atoms with Gasteiger partial charge in [0.25, 0.3) is 0 Å². The topological polar surface area (TPSA) is 74.9 Å². The molecule has 1 saturated heterocycles. The van der Waals surface area contributed by atoms with E-state index in [1.54, 1.807) is 24.0 Å². The molecule has 1 fully saturated rings. The molecule has 2 aromatic carbocycles. The summed E-state index contributed by atoms with van der Waals surface area (Å²) >= 11 is 0. The molecule has 0 bridgehead atoms. The van der Waals surface area contributed by atoms with E-state index in [4.69, 9.17) is 9.47 Å². The Morgan fingerprint density at radius 1 is 1.06 bits per heavy atom. The van der Waals surface area contributed by atoms with Crippen LogP contribution in [0.4, 0.5) is 0 Å². The molecule has 172 valence electrons. The number of aromatic amines is 1. The van der Waals surface area contributed by atoms with Gasteiger partial charge in [0, 0.05) is 29.6 Å². The zero-order valence-corrected chi connectivity index (χ0v) is 19.4. The predicted octanol–water partition coefficient (Wildman–Crippen LogP) is 3.53. The first-order valence-electron chi connectivity index (χ1n) is 11.3. The molecule has 1 aromatic heterocycles. The lowest BCUT2D eigenvalue weighted by Crippen LogP contribution is -2.63. The van der Waals surface area contributed by atoms with Gasteiger partial charge in [0.05, 0.1) is 26.8 Å². The number of nitrogens with zero attached hydrogens (tertiary/aromatic N) is 2. The van der Waals surface area contributed by atoms with Crippen LogP contribution in [0.3, 0.4) is 0 Å². The molecule has 2 atom stereocenters. The summed E-state index contributed by atoms with van der Waals surface area (Å²) < 4.78 is 11.0. The number of ether oxygens (including phenoxy) is 2. The third-order valence-electron chi connectivity index (χ3n) is 6.65. The molecule has 7 nitrogen and oxygen atoms in total. The van der Waals surface area contributed by atoms with Crippen molar-refractivity contribution in [1.82, 2.24) is 14.8 Å². The summed E-state index contributed by atoms with van der Waals surface area (Å²) in [5.41, 5.74) is 3.94. The molecule has 0 radical (unpaired) electrons. The van der Waals surface area contributed by atoms with Crippen LogP contribution in [0.25, 0.3) is 10.9 Å². The summed E-state index contributed by atoms with van der Waals surface area (Å²) in [7, 11) is 3.19. The van der Waals surface area contributed by atoms with Crippen LogP contribution in [0.1, 0.15) is 36.7 Å². The third kappa shape index (κ3) is 3.43. The van der Waals surface area contributed by atoms with Gasteiger partial charge in [-0.1, -0.05) is 38.1 Å². The maximum Gasteiger partial charge on any atom is 0.246 e. The summed E-state index contributed by atoms with van der Waals surface area (Å²) in [4.78, 5) is 34.2. The number of amides is 2. The molecule has 0 saturated carbocycles. The highest BCUT2D eigenvalue weighted by Gasteiger charge is 2.48. The highest BCUT2D eigenvalue weighted by Crippen LogP contribution is 2.44. The summed E-state index contributed by atoms with van der Waals surface area (Å²) in [5.74, 6) is 1.48. The minimum absolute atomic E-state index is 0.0182. The first-order chi connectivity index (χ1) is 15.9. The lowest BCUT2D eigenvalue weighted by molar-refractivity contribution is -0.159. The maximum absolute atomic E-state index is 13.6. The lowest BCUT2D eigenvalue weighted by atomic mass is 9.86. The molecule has 1 N–H and O–H groups in total. The third-order valence-corrected chi connectivity index (χ3v) is 6.65. The summed E-state index contributed by atoms with van der Waals surface area (Å²) in [6, 6.07) is 12.9. The summed E-state index contributed by atoms with van der Waals surface area (Å²) in [6.07, 6.45) is 0.502. The summed E-state index contributed by atoms with van der Waals surface area (Å²) in [6.45, 7) is 4.81. The van der Waals surface area contributed by atoms with Crippen LogP contribution in [0.5, 0.6) is 11.5 Å². The van der Waals surface area contributed by atoms with E-state index in [-0.39, 0.29) is 18.4 Å². The number of hydrogen-bond acceptors (Lipinski definition) is 4. The van der Waals surface area contributed by atoms with Crippen molar-refractivity contribution < 1.29 is 19.1 Å². The maximum atomic E-state index is 13.6. The van der Waals surface area contributed by atoms with Gasteiger partial charge in [-0.3, -0.25) is 9.59 Å². The second-order valence-corrected chi connectivity index (χ2v) is 9.21. The fraction of sp³-hybridized carbons (Fsp3) is 0.385. The Labute approximate surface area is 193 Å². The number of benzene rings is 2. The average molecular weight is 448 g/mol. The minimum Gasteiger partial charge on any atom is -0.493 e. The first-order valence-corrected chi connectivity index (χ1v) is 11.3. The number of aromatic nitrogens is 1. The van der Waals surface area contributed by atoms with E-state index in [0.29, 0.717) is 30.4 Å². The van der Waals surface area contributed by atoms with E-state index >= 15 is 0 Å². The molecule has 2 unspecified atom stereocenters. The number of H-pyrrole nitrogens is 1. The van der Waals surface area contributed by atoms with Crippen molar-refractivity contribution >= 4 is 22.7 Å². The largest absolute Gasteiger partial charge is 0.493 e. The zero-order valence-electron chi connectivity index (χ0n) is 19.4. The quantitative estimate of drug-likeness (QED) is 0.649. The standard InChI is InChI=1S/C26H29N3O4/c1-15(2)13-28-14-23(30)29-20(26(28)31)12-18-17-7-5-6-8-19(17)27-24(18)25(29)16-9-10-21(32-3)22(11-16)33-4/h5-11,15,20,25,27H,12-14H2,1-4H3. The average Bonchev–Trinajstić information content (AvgIpc) is 3.18. The molecule has 0 spiro atoms. The van der Waals surface area contributed by atoms with Gasteiger partial charge in [-0.15, -0.1) is 0 Å². The molecule has 2 aliphatic heterocycles. The molecule has 5 rings (SSSR count). The van der Waals surface area contributed by atoms with Gasteiger partial charge in [0.15, 0.2) is 11.5 Å². The molecule has 2 amide bonds. The van der Waals surface area contributed by atoms with Crippen LogP contribution in [0.15, 0.2) is 42.5 Å². The van der Waals surface area contributed by atoms with Crippen LogP contribution in [-0.2, 0) is 16.0 Å². The summed E-state index contributed by atoms with van der Waals surface area (Å²) in [5, 5.41) is 1.10. The minimum atomic E-state index is -0.533. The van der Waals surface area contributed by atoms with Crippen molar-refractivity contribution in [2.45, 2.75) is 32.4 Å². The van der Waals surface area contributed by atoms with E-state index in [2.05, 4.69) is 24.9 Å². The Bertz CT molecular complexity index is 1230. The van der Waals surface area contributed by atoms with Crippen LogP contribution in [-0.4, -0.2) is 59.9 Å². The second kappa shape index (κ2) is 8.14. The predicted molar refractivity (Wildman–Crippen MR) is 125 cm³/mol. The van der Waals surface area contributed by atoms with E-state index < -0.39 is 12.1 Å². The molecular weight excluding hydrogens is 418 g/mol. The molecular formula is C26H29N3O4. The molecule has 3 heterocycles. The van der Waals surface area contributed by atoms with Gasteiger partial charge >= 0.3 is 0 Å². The molecule has 2 aliphatic rings. The normalized spacial score (nSPS) is 20.3. The van der Waals surface area contributed by atoms with E-state index in [1.165, 1.54) is 0 Å². The second-order valence-electron chi connectivity index (χ2n) is 9.21. The number of piperazine rings is 1. The highest BCUT2D eigenvalue weighted by molar-refractivity contribution is 5.97. The van der Waals surface area contributed by atoms with Crippen molar-refractivity contribution in [2.24, 2.45) is 5.92 Å². The number of rotatable bonds is 5. The van der Waals surface area contributed by atoms with E-state index in [9.17, 15) is 9.59 Å². The van der Waals surface area contributed by atoms with Gasteiger partial charge in [-0.2, -0.15) is 0 Å². The fourth-order valence-corrected chi connectivity index (χ4v) is 5.29. The van der Waals surface area contributed by atoms with Crippen LogP contribution in [0, 0.1) is 5.92 Å². The number of para-hydroxylation sites is 1. The number of carbonyl (C=O) groups is 2. The van der Waals surface area contributed by atoms with Crippen LogP contribution in [0.2, 0.25) is 0 Å². The first kappa shape index (κ1) is 21.4. The number of carbonyl (C=O) groups excluding carboxylic acids is 2. The Kier molecular flexibility index (Phi) is 5.27. The Morgan fingerprint density at radius 2 is 1.82 bits per heavy atom. The van der Waals surface area contributed by atoms with Gasteiger partial charge in [0.1, 0.15) is 6.04 Å². The van der Waals surface area contributed by atoms with Crippen molar-refractivity contribution in [1.29, 1.82) is 0 Å². The Balaban J connectivity index is 1.69. The number of fused-ring (bicyclic) bond motifs is 4. The number of nitrogens with one attached hydrogen (secondary N) is 1. The Morgan fingerprint density at radius 3 is 2.55 bits per heavy atom. The molecule has 0 aliphatic carbocycles. The van der Waals surface area contributed by atoms with Gasteiger partial charge in [-0.25, -0.2) is 0 Å². The van der Waals surface area contributed by atoms with Crippen molar-refractivity contribution in [3.8, 4) is 11.5 Å². The smallest absolute Gasteiger partial charge is 0.246 e. The van der Waals surface area contributed by atoms with Gasteiger partial charge in [-0.05, 0) is 35.2 Å². The van der Waals surface area contributed by atoms with Gasteiger partial charge < -0.3 is 24.3 Å². The van der Waals surface area contributed by atoms with E-state index in [0.717, 1.165) is 27.7 Å². The highest BCUT2D eigenvalue weighted by atomic mass is 16.5. The molecule has 33 heavy (non-hydrogen) atoms. The van der Waals surface area contributed by atoms with Crippen LogP contribution >= 0.6 is 0 Å². The van der Waals surface area contributed by atoms with Gasteiger partial charge in [0.2, 0.25) is 11.8 Å². The monoisotopic (exact) mass is 447 g/mol. The molecule has 7 heteroatoms. The van der Waals surface area contributed by atoms with E-state index in [1.807, 2.05) is 36.4 Å². The lowest BCUT2D eigenvalue weighted by Gasteiger charge is -2.47. The van der Waals surface area contributed by atoms with Crippen molar-refractivity contribution in [2.75, 3.05) is 27.3 Å². The Hall–Kier alpha value is -3.48. The fourth-order valence-electron chi connectivity index (χ4n) is 5.29. The number of methoxy groups -OCH3 is 2. The van der Waals surface area contributed by atoms with Crippen molar-refractivity contribution in [3.05, 3.63) is 59.3 Å².